The van der Waals surface area contributed by atoms with Crippen LogP contribution < -0.4 is 15.4 Å². The monoisotopic (exact) mass is 718 g/mol. The molecule has 3 aromatic carbocycles. The van der Waals surface area contributed by atoms with Crippen molar-refractivity contribution in [1.29, 1.82) is 0 Å². The zero-order chi connectivity index (χ0) is 35.7. The lowest BCUT2D eigenvalue weighted by Crippen LogP contribution is -2.48. The number of nitrogens with one attached hydrogen (secondary N) is 2. The van der Waals surface area contributed by atoms with Crippen LogP contribution in [-0.4, -0.2) is 86.3 Å². The number of amides is 3. The van der Waals surface area contributed by atoms with Gasteiger partial charge in [0.15, 0.2) is 0 Å². The molecule has 1 heterocycles. The van der Waals surface area contributed by atoms with Crippen LogP contribution >= 0.6 is 11.6 Å². The van der Waals surface area contributed by atoms with Crippen molar-refractivity contribution in [3.63, 3.8) is 0 Å². The summed E-state index contributed by atoms with van der Waals surface area (Å²) in [4.78, 5) is 28.7. The molecule has 0 saturated carbocycles. The molecule has 0 spiro atoms. The van der Waals surface area contributed by atoms with Crippen LogP contribution in [0.5, 0.6) is 5.75 Å². The molecule has 3 amide bonds. The van der Waals surface area contributed by atoms with Crippen molar-refractivity contribution in [3.05, 3.63) is 83.1 Å². The number of likely N-dealkylation sites (N-methyl/N-ethyl adjacent to an activating group) is 1. The zero-order valence-electron chi connectivity index (χ0n) is 28.1. The average Bonchev–Trinajstić information content (AvgIpc) is 3.07. The van der Waals surface area contributed by atoms with E-state index >= 15 is 0 Å². The summed E-state index contributed by atoms with van der Waals surface area (Å²) in [5.41, 5.74) is 0.866. The minimum absolute atomic E-state index is 0.0228. The van der Waals surface area contributed by atoms with Crippen LogP contribution in [0.25, 0.3) is 0 Å². The molecule has 0 saturated heterocycles. The molecular formula is C35H44ClFN4O7S. The van der Waals surface area contributed by atoms with Gasteiger partial charge in [0.25, 0.3) is 5.91 Å². The molecule has 0 aromatic heterocycles. The maximum Gasteiger partial charge on any atom is 0.323 e. The molecule has 0 aliphatic carbocycles. The second-order valence-electron chi connectivity index (χ2n) is 12.3. The average molecular weight is 719 g/mol. The quantitative estimate of drug-likeness (QED) is 0.251. The normalized spacial score (nSPS) is 20.1. The minimum Gasteiger partial charge on any atom is -0.490 e. The van der Waals surface area contributed by atoms with Crippen molar-refractivity contribution < 1.29 is 37.0 Å². The van der Waals surface area contributed by atoms with Crippen molar-refractivity contribution in [3.8, 4) is 5.75 Å². The van der Waals surface area contributed by atoms with Crippen LogP contribution in [0.1, 0.15) is 50.4 Å². The Kier molecular flexibility index (Phi) is 13.4. The number of hydrogen-bond donors (Lipinski definition) is 3. The number of halogens is 2. The van der Waals surface area contributed by atoms with Gasteiger partial charge in [-0.2, -0.15) is 4.31 Å². The molecule has 4 atom stereocenters. The standard InChI is InChI=1S/C35H44ClFN4O7S/c1-23-20-41(24(2)22-42)34(43)31-19-29(39-35(44)38-28-12-10-27(37)11-13-28)14-17-32(31)48-25(3)7-5-6-18-47-33(23)21-40(4)49(45,46)30-15-8-26(36)9-16-30/h8-17,19,23-25,33,42H,5-7,18,20-22H2,1-4H3,(H2,38,39,44)/t23-,24+,25-,33+/m0/s1. The molecule has 0 bridgehead atoms. The number of nitrogens with zero attached hydrogens (tertiary/aromatic N) is 2. The van der Waals surface area contributed by atoms with Gasteiger partial charge in [-0.15, -0.1) is 0 Å². The van der Waals surface area contributed by atoms with E-state index in [0.29, 0.717) is 41.6 Å². The summed E-state index contributed by atoms with van der Waals surface area (Å²) in [6.07, 6.45) is 1.29. The molecule has 0 fully saturated rings. The van der Waals surface area contributed by atoms with E-state index in [2.05, 4.69) is 10.6 Å². The van der Waals surface area contributed by atoms with Crippen LogP contribution in [0.4, 0.5) is 20.6 Å². The molecule has 4 rings (SSSR count). The van der Waals surface area contributed by atoms with Gasteiger partial charge in [-0.3, -0.25) is 4.79 Å². The van der Waals surface area contributed by atoms with E-state index in [1.165, 1.54) is 70.9 Å². The highest BCUT2D eigenvalue weighted by Gasteiger charge is 2.32. The highest BCUT2D eigenvalue weighted by Crippen LogP contribution is 2.29. The number of hydrogen-bond acceptors (Lipinski definition) is 7. The van der Waals surface area contributed by atoms with Crippen molar-refractivity contribution in [1.82, 2.24) is 9.21 Å². The number of anilines is 2. The lowest BCUT2D eigenvalue weighted by molar-refractivity contribution is -0.00833. The van der Waals surface area contributed by atoms with Gasteiger partial charge < -0.3 is 30.1 Å². The van der Waals surface area contributed by atoms with Gasteiger partial charge in [-0.1, -0.05) is 18.5 Å². The lowest BCUT2D eigenvalue weighted by atomic mass is 10.0. The molecule has 0 radical (unpaired) electrons. The van der Waals surface area contributed by atoms with Gasteiger partial charge in [0.1, 0.15) is 11.6 Å². The molecule has 3 N–H and O–H groups in total. The second-order valence-corrected chi connectivity index (χ2v) is 14.8. The first-order valence-corrected chi connectivity index (χ1v) is 18.0. The molecule has 11 nitrogen and oxygen atoms in total. The molecule has 14 heteroatoms. The number of urea groups is 1. The van der Waals surface area contributed by atoms with Gasteiger partial charge in [0, 0.05) is 49.1 Å². The van der Waals surface area contributed by atoms with Gasteiger partial charge in [0.2, 0.25) is 10.0 Å². The molecule has 3 aromatic rings. The summed E-state index contributed by atoms with van der Waals surface area (Å²) in [5.74, 6) is -0.928. The number of carbonyl (C=O) groups is 2. The van der Waals surface area contributed by atoms with E-state index in [-0.39, 0.29) is 42.2 Å². The second kappa shape index (κ2) is 17.3. The first-order valence-electron chi connectivity index (χ1n) is 16.2. The van der Waals surface area contributed by atoms with Crippen LogP contribution in [-0.2, 0) is 14.8 Å². The summed E-state index contributed by atoms with van der Waals surface area (Å²) in [5, 5.41) is 16.0. The largest absolute Gasteiger partial charge is 0.490 e. The maximum atomic E-state index is 14.3. The number of sulfonamides is 1. The molecule has 266 valence electrons. The summed E-state index contributed by atoms with van der Waals surface area (Å²) in [7, 11) is -2.38. The van der Waals surface area contributed by atoms with Crippen LogP contribution in [0.2, 0.25) is 5.02 Å². The SMILES string of the molecule is C[C@H](CO)N1C[C@H](C)[C@@H](CN(C)S(=O)(=O)c2ccc(Cl)cc2)OCCCC[C@H](C)Oc2ccc(NC(=O)Nc3ccc(F)cc3)cc2C1=O. The Morgan fingerprint density at radius 1 is 1.06 bits per heavy atom. The fraction of sp³-hybridized carbons (Fsp3) is 0.429. The third-order valence-electron chi connectivity index (χ3n) is 8.37. The molecular weight excluding hydrogens is 675 g/mol. The number of aliphatic hydroxyl groups is 1. The van der Waals surface area contributed by atoms with Crippen LogP contribution in [0.15, 0.2) is 71.6 Å². The molecule has 1 aliphatic heterocycles. The van der Waals surface area contributed by atoms with E-state index in [9.17, 15) is 27.5 Å². The van der Waals surface area contributed by atoms with Crippen molar-refractivity contribution >= 4 is 44.9 Å². The van der Waals surface area contributed by atoms with Crippen molar-refractivity contribution in [2.24, 2.45) is 5.92 Å². The minimum atomic E-state index is -3.87. The highest BCUT2D eigenvalue weighted by molar-refractivity contribution is 7.89. The predicted octanol–water partition coefficient (Wildman–Crippen LogP) is 6.24. The lowest BCUT2D eigenvalue weighted by Gasteiger charge is -2.35. The number of rotatable bonds is 8. The Bertz CT molecular complexity index is 1680. The summed E-state index contributed by atoms with van der Waals surface area (Å²) >= 11 is 5.98. The zero-order valence-corrected chi connectivity index (χ0v) is 29.6. The van der Waals surface area contributed by atoms with Crippen LogP contribution in [0, 0.1) is 11.7 Å². The molecule has 1 aliphatic rings. The van der Waals surface area contributed by atoms with E-state index in [1.807, 2.05) is 13.8 Å². The smallest absolute Gasteiger partial charge is 0.323 e. The molecule has 49 heavy (non-hydrogen) atoms. The number of aliphatic hydroxyl groups excluding tert-OH is 1. The number of carbonyl (C=O) groups excluding carboxylic acids is 2. The van der Waals surface area contributed by atoms with Gasteiger partial charge in [0.05, 0.1) is 35.3 Å². The fourth-order valence-corrected chi connectivity index (χ4v) is 6.74. The fourth-order valence-electron chi connectivity index (χ4n) is 5.43. The van der Waals surface area contributed by atoms with E-state index in [0.717, 1.165) is 6.42 Å². The van der Waals surface area contributed by atoms with Gasteiger partial charge >= 0.3 is 6.03 Å². The first kappa shape index (κ1) is 38.1. The Morgan fingerprint density at radius 3 is 2.39 bits per heavy atom. The number of ether oxygens (including phenoxy) is 2. The van der Waals surface area contributed by atoms with Crippen molar-refractivity contribution in [2.75, 3.05) is 44.0 Å². The van der Waals surface area contributed by atoms with Crippen LogP contribution in [0.3, 0.4) is 0 Å². The van der Waals surface area contributed by atoms with Gasteiger partial charge in [-0.05, 0) is 99.8 Å². The molecule has 0 unspecified atom stereocenters. The summed E-state index contributed by atoms with van der Waals surface area (Å²) in [6, 6.07) is 14.8. The summed E-state index contributed by atoms with van der Waals surface area (Å²) in [6.45, 7) is 5.68. The van der Waals surface area contributed by atoms with E-state index in [4.69, 9.17) is 21.1 Å². The third kappa shape index (κ3) is 10.4. The van der Waals surface area contributed by atoms with Gasteiger partial charge in [-0.25, -0.2) is 17.6 Å². The number of fused-ring (bicyclic) bond motifs is 1. The Labute approximate surface area is 292 Å². The predicted molar refractivity (Wildman–Crippen MR) is 187 cm³/mol. The van der Waals surface area contributed by atoms with E-state index < -0.39 is 39.9 Å². The maximum absolute atomic E-state index is 14.3. The topological polar surface area (TPSA) is 138 Å². The highest BCUT2D eigenvalue weighted by atomic mass is 35.5. The number of benzene rings is 3. The van der Waals surface area contributed by atoms with Crippen molar-refractivity contribution in [2.45, 2.75) is 63.2 Å². The Morgan fingerprint density at radius 2 is 1.71 bits per heavy atom. The third-order valence-corrected chi connectivity index (χ3v) is 10.5. The van der Waals surface area contributed by atoms with E-state index in [1.54, 1.807) is 19.1 Å². The first-order chi connectivity index (χ1) is 23.3. The summed E-state index contributed by atoms with van der Waals surface area (Å²) < 4.78 is 53.9. The Balaban J connectivity index is 1.62. The Hall–Kier alpha value is -3.75.